The summed E-state index contributed by atoms with van der Waals surface area (Å²) in [6, 6.07) is 1.92. The van der Waals surface area contributed by atoms with Crippen molar-refractivity contribution in [3.05, 3.63) is 19.9 Å². The van der Waals surface area contributed by atoms with Gasteiger partial charge < -0.3 is 5.32 Å². The molecule has 1 N–H and O–H groups in total. The van der Waals surface area contributed by atoms with Crippen LogP contribution >= 0.6 is 49.9 Å². The van der Waals surface area contributed by atoms with Crippen LogP contribution < -0.4 is 5.32 Å². The summed E-state index contributed by atoms with van der Waals surface area (Å²) in [5.74, 6) is 0.0299. The van der Waals surface area contributed by atoms with Crippen molar-refractivity contribution in [2.45, 2.75) is 32.2 Å². The first-order chi connectivity index (χ1) is 7.56. The minimum Gasteiger partial charge on any atom is -0.346 e. The maximum atomic E-state index is 12.0. The van der Waals surface area contributed by atoms with E-state index in [0.717, 1.165) is 26.6 Å². The summed E-state index contributed by atoms with van der Waals surface area (Å²) >= 11 is 7.31. The van der Waals surface area contributed by atoms with Gasteiger partial charge in [0, 0.05) is 16.2 Å². The summed E-state index contributed by atoms with van der Waals surface area (Å²) in [4.78, 5) is 12.0. The van der Waals surface area contributed by atoms with E-state index in [1.54, 1.807) is 11.3 Å². The summed E-state index contributed by atoms with van der Waals surface area (Å²) in [5, 5.41) is 5.82. The van der Waals surface area contributed by atoms with Crippen molar-refractivity contribution in [3.63, 3.8) is 0 Å². The lowest BCUT2D eigenvalue weighted by Crippen LogP contribution is -2.49. The molecule has 2 nitrogen and oxygen atoms in total. The van der Waals surface area contributed by atoms with Crippen LogP contribution in [0.5, 0.6) is 0 Å². The van der Waals surface area contributed by atoms with Crippen LogP contribution in [0.25, 0.3) is 0 Å². The third-order valence-corrected chi connectivity index (χ3v) is 5.68. The first-order valence-electron chi connectivity index (χ1n) is 5.19. The highest BCUT2D eigenvalue weighted by Gasteiger charge is 2.27. The monoisotopic (exact) mass is 415 g/mol. The smallest absolute Gasteiger partial charge is 0.252 e. The summed E-state index contributed by atoms with van der Waals surface area (Å²) in [5.41, 5.74) is 0.645. The Kier molecular flexibility index (Phi) is 5.73. The standard InChI is InChI=1S/C11H15BrINOS/c1-3-11(4-2,7-12)14-10(15)8-5-9(13)16-6-8/h5-6H,3-4,7H2,1-2H3,(H,14,15). The average Bonchev–Trinajstić information content (AvgIpc) is 2.73. The molecule has 1 aromatic rings. The Hall–Kier alpha value is 0.380. The second kappa shape index (κ2) is 6.35. The van der Waals surface area contributed by atoms with E-state index >= 15 is 0 Å². The molecule has 16 heavy (non-hydrogen) atoms. The number of hydrogen-bond acceptors (Lipinski definition) is 2. The number of rotatable bonds is 5. The van der Waals surface area contributed by atoms with Gasteiger partial charge in [0.2, 0.25) is 0 Å². The molecule has 0 bridgehead atoms. The second-order valence-corrected chi connectivity index (χ2v) is 7.08. The highest BCUT2D eigenvalue weighted by Crippen LogP contribution is 2.21. The van der Waals surface area contributed by atoms with Gasteiger partial charge in [-0.1, -0.05) is 29.8 Å². The van der Waals surface area contributed by atoms with Crippen LogP contribution in [0.3, 0.4) is 0 Å². The van der Waals surface area contributed by atoms with Crippen molar-refractivity contribution in [2.24, 2.45) is 0 Å². The van der Waals surface area contributed by atoms with E-state index < -0.39 is 0 Å². The van der Waals surface area contributed by atoms with E-state index in [4.69, 9.17) is 0 Å². The van der Waals surface area contributed by atoms with Gasteiger partial charge in [0.15, 0.2) is 0 Å². The van der Waals surface area contributed by atoms with Gasteiger partial charge in [0.25, 0.3) is 5.91 Å². The maximum Gasteiger partial charge on any atom is 0.252 e. The number of amides is 1. The molecule has 0 saturated carbocycles. The number of hydrogen-bond donors (Lipinski definition) is 1. The first kappa shape index (κ1) is 14.4. The predicted molar refractivity (Wildman–Crippen MR) is 81.6 cm³/mol. The van der Waals surface area contributed by atoms with E-state index in [0.29, 0.717) is 0 Å². The molecule has 0 spiro atoms. The molecule has 0 fully saturated rings. The molecular weight excluding hydrogens is 401 g/mol. The first-order valence-corrected chi connectivity index (χ1v) is 8.27. The SMILES string of the molecule is CCC(CC)(CBr)NC(=O)c1csc(I)c1. The average molecular weight is 416 g/mol. The zero-order valence-electron chi connectivity index (χ0n) is 9.35. The molecule has 0 unspecified atom stereocenters. The Morgan fingerprint density at radius 1 is 1.56 bits per heavy atom. The minimum atomic E-state index is -0.121. The molecule has 5 heteroatoms. The van der Waals surface area contributed by atoms with Crippen molar-refractivity contribution >= 4 is 55.8 Å². The van der Waals surface area contributed by atoms with Gasteiger partial charge in [-0.05, 0) is 41.5 Å². The number of thiophene rings is 1. The minimum absolute atomic E-state index is 0.0299. The number of alkyl halides is 1. The van der Waals surface area contributed by atoms with E-state index in [1.807, 2.05) is 11.4 Å². The number of carbonyl (C=O) groups is 1. The van der Waals surface area contributed by atoms with Crippen LogP contribution in [0, 0.1) is 2.88 Å². The summed E-state index contributed by atoms with van der Waals surface area (Å²) in [6.45, 7) is 4.20. The lowest BCUT2D eigenvalue weighted by atomic mass is 9.95. The van der Waals surface area contributed by atoms with Crippen molar-refractivity contribution in [2.75, 3.05) is 5.33 Å². The van der Waals surface area contributed by atoms with E-state index in [-0.39, 0.29) is 11.4 Å². The third kappa shape index (κ3) is 3.43. The predicted octanol–water partition coefficient (Wildman–Crippen LogP) is 4.04. The molecule has 0 radical (unpaired) electrons. The van der Waals surface area contributed by atoms with Crippen LogP contribution in [0.15, 0.2) is 11.4 Å². The van der Waals surface area contributed by atoms with Crippen molar-refractivity contribution in [1.29, 1.82) is 0 Å². The van der Waals surface area contributed by atoms with Gasteiger partial charge in [-0.25, -0.2) is 0 Å². The molecule has 0 aliphatic rings. The highest BCUT2D eigenvalue weighted by molar-refractivity contribution is 14.1. The quantitative estimate of drug-likeness (QED) is 0.570. The van der Waals surface area contributed by atoms with Gasteiger partial charge in [-0.15, -0.1) is 11.3 Å². The molecule has 0 aliphatic heterocycles. The zero-order chi connectivity index (χ0) is 12.2. The maximum absolute atomic E-state index is 12.0. The molecule has 1 amide bonds. The summed E-state index contributed by atoms with van der Waals surface area (Å²) < 4.78 is 1.14. The van der Waals surface area contributed by atoms with Gasteiger partial charge in [0.05, 0.1) is 8.45 Å². The van der Waals surface area contributed by atoms with Gasteiger partial charge in [-0.3, -0.25) is 4.79 Å². The van der Waals surface area contributed by atoms with Gasteiger partial charge >= 0.3 is 0 Å². The normalized spacial score (nSPS) is 11.5. The lowest BCUT2D eigenvalue weighted by Gasteiger charge is -2.30. The van der Waals surface area contributed by atoms with Crippen molar-refractivity contribution < 1.29 is 4.79 Å². The highest BCUT2D eigenvalue weighted by atomic mass is 127. The van der Waals surface area contributed by atoms with Crippen molar-refractivity contribution in [1.82, 2.24) is 5.32 Å². The zero-order valence-corrected chi connectivity index (χ0v) is 13.9. The Labute approximate surface area is 122 Å². The van der Waals surface area contributed by atoms with Crippen LogP contribution in [-0.2, 0) is 0 Å². The Morgan fingerprint density at radius 2 is 2.19 bits per heavy atom. The molecule has 0 saturated heterocycles. The largest absolute Gasteiger partial charge is 0.346 e. The Morgan fingerprint density at radius 3 is 2.56 bits per heavy atom. The van der Waals surface area contributed by atoms with E-state index in [1.165, 1.54) is 0 Å². The number of halogens is 2. The van der Waals surface area contributed by atoms with Crippen LogP contribution in [0.1, 0.15) is 37.0 Å². The fourth-order valence-corrected chi connectivity index (χ4v) is 3.65. The van der Waals surface area contributed by atoms with Crippen LogP contribution in [0.2, 0.25) is 0 Å². The molecule has 1 aromatic heterocycles. The van der Waals surface area contributed by atoms with Crippen LogP contribution in [-0.4, -0.2) is 16.8 Å². The van der Waals surface area contributed by atoms with Crippen LogP contribution in [0.4, 0.5) is 0 Å². The molecule has 0 aliphatic carbocycles. The van der Waals surface area contributed by atoms with Gasteiger partial charge in [0.1, 0.15) is 0 Å². The topological polar surface area (TPSA) is 29.1 Å². The Balaban J connectivity index is 2.76. The van der Waals surface area contributed by atoms with Crippen molar-refractivity contribution in [3.8, 4) is 0 Å². The summed E-state index contributed by atoms with van der Waals surface area (Å²) in [7, 11) is 0. The third-order valence-electron chi connectivity index (χ3n) is 2.82. The molecule has 0 aromatic carbocycles. The molecular formula is C11H15BrINOS. The molecule has 0 atom stereocenters. The van der Waals surface area contributed by atoms with E-state index in [2.05, 4.69) is 57.7 Å². The van der Waals surface area contributed by atoms with E-state index in [9.17, 15) is 4.79 Å². The fraction of sp³-hybridized carbons (Fsp3) is 0.545. The fourth-order valence-electron chi connectivity index (χ4n) is 1.39. The Bertz CT molecular complexity index is 354. The molecule has 1 heterocycles. The summed E-state index contributed by atoms with van der Waals surface area (Å²) in [6.07, 6.45) is 1.86. The van der Waals surface area contributed by atoms with Gasteiger partial charge in [-0.2, -0.15) is 0 Å². The lowest BCUT2D eigenvalue weighted by molar-refractivity contribution is 0.0904. The molecule has 90 valence electrons. The molecule has 1 rings (SSSR count). The number of nitrogens with one attached hydrogen (secondary N) is 1. The number of carbonyl (C=O) groups excluding carboxylic acids is 1. The second-order valence-electron chi connectivity index (χ2n) is 3.71.